The van der Waals surface area contributed by atoms with Crippen molar-refractivity contribution in [2.75, 3.05) is 12.4 Å². The summed E-state index contributed by atoms with van der Waals surface area (Å²) in [5.74, 6) is -0.747. The SMILES string of the molecule is C[C@@H](C(=O)Nc1cccc([N+](=O)[O-])c1)[NH+](C)Cc1c(F)cccc1Cl. The molecule has 8 heteroatoms. The molecule has 0 spiro atoms. The van der Waals surface area contributed by atoms with Crippen LogP contribution in [0.1, 0.15) is 12.5 Å². The molecule has 2 aromatic rings. The number of hydrogen-bond donors (Lipinski definition) is 2. The van der Waals surface area contributed by atoms with E-state index >= 15 is 0 Å². The zero-order valence-corrected chi connectivity index (χ0v) is 14.5. The second-order valence-corrected chi connectivity index (χ2v) is 6.15. The second-order valence-electron chi connectivity index (χ2n) is 5.74. The van der Waals surface area contributed by atoms with Crippen LogP contribution in [0.4, 0.5) is 15.8 Å². The summed E-state index contributed by atoms with van der Waals surface area (Å²) in [5.41, 5.74) is 0.573. The quantitative estimate of drug-likeness (QED) is 0.609. The first-order chi connectivity index (χ1) is 11.8. The predicted octanol–water partition coefficient (Wildman–Crippen LogP) is 2.43. The van der Waals surface area contributed by atoms with Crippen molar-refractivity contribution in [3.8, 4) is 0 Å². The fourth-order valence-corrected chi connectivity index (χ4v) is 2.53. The van der Waals surface area contributed by atoms with Crippen LogP contribution in [0, 0.1) is 15.9 Å². The molecular weight excluding hydrogens is 349 g/mol. The number of quaternary nitrogens is 1. The average Bonchev–Trinajstić information content (AvgIpc) is 2.57. The molecule has 0 fully saturated rings. The highest BCUT2D eigenvalue weighted by molar-refractivity contribution is 6.31. The number of carbonyl (C=O) groups is 1. The lowest BCUT2D eigenvalue weighted by Crippen LogP contribution is -3.12. The molecule has 0 aromatic heterocycles. The van der Waals surface area contributed by atoms with Crippen molar-refractivity contribution in [2.24, 2.45) is 0 Å². The molecule has 1 amide bonds. The third-order valence-corrected chi connectivity index (χ3v) is 4.33. The van der Waals surface area contributed by atoms with Crippen molar-refractivity contribution in [2.45, 2.75) is 19.5 Å². The van der Waals surface area contributed by atoms with Crippen molar-refractivity contribution in [1.29, 1.82) is 0 Å². The second kappa shape index (κ2) is 8.04. The molecule has 2 atom stereocenters. The number of amides is 1. The first-order valence-electron chi connectivity index (χ1n) is 7.60. The summed E-state index contributed by atoms with van der Waals surface area (Å²) >= 11 is 6.02. The molecule has 0 aliphatic carbocycles. The molecule has 0 aliphatic rings. The molecule has 2 aromatic carbocycles. The Kier molecular flexibility index (Phi) is 6.06. The summed E-state index contributed by atoms with van der Waals surface area (Å²) in [6.07, 6.45) is 0. The molecule has 1 unspecified atom stereocenters. The number of rotatable bonds is 6. The van der Waals surface area contributed by atoms with Gasteiger partial charge in [0, 0.05) is 17.8 Å². The lowest BCUT2D eigenvalue weighted by atomic mass is 10.1. The van der Waals surface area contributed by atoms with Gasteiger partial charge in [0.25, 0.3) is 11.6 Å². The Hall–Kier alpha value is -2.51. The number of nitro benzene ring substituents is 1. The number of likely N-dealkylation sites (N-methyl/N-ethyl adjacent to an activating group) is 1. The normalized spacial score (nSPS) is 13.1. The van der Waals surface area contributed by atoms with Crippen molar-refractivity contribution in [3.05, 3.63) is 69.0 Å². The van der Waals surface area contributed by atoms with Crippen LogP contribution in [0.2, 0.25) is 5.02 Å². The van der Waals surface area contributed by atoms with E-state index in [1.165, 1.54) is 30.3 Å². The standard InChI is InChI=1S/C17H17ClFN3O3/c1-11(21(2)10-14-15(18)7-4-8-16(14)19)17(23)20-12-5-3-6-13(9-12)22(24)25/h3-9,11H,10H2,1-2H3,(H,20,23)/p+1/t11-/m0/s1. The summed E-state index contributed by atoms with van der Waals surface area (Å²) in [6, 6.07) is 9.62. The maximum atomic E-state index is 13.9. The van der Waals surface area contributed by atoms with Gasteiger partial charge in [0.15, 0.2) is 6.04 Å². The zero-order chi connectivity index (χ0) is 18.6. The maximum absolute atomic E-state index is 13.9. The minimum absolute atomic E-state index is 0.107. The van der Waals surface area contributed by atoms with E-state index in [4.69, 9.17) is 11.6 Å². The van der Waals surface area contributed by atoms with Crippen molar-refractivity contribution in [3.63, 3.8) is 0 Å². The van der Waals surface area contributed by atoms with E-state index in [2.05, 4.69) is 5.32 Å². The van der Waals surface area contributed by atoms with Gasteiger partial charge in [0.1, 0.15) is 12.4 Å². The maximum Gasteiger partial charge on any atom is 0.282 e. The number of nitrogens with zero attached hydrogens (tertiary/aromatic N) is 1. The fourth-order valence-electron chi connectivity index (χ4n) is 2.30. The van der Waals surface area contributed by atoms with E-state index < -0.39 is 16.8 Å². The van der Waals surface area contributed by atoms with Gasteiger partial charge in [-0.15, -0.1) is 0 Å². The number of benzene rings is 2. The molecule has 0 radical (unpaired) electrons. The highest BCUT2D eigenvalue weighted by atomic mass is 35.5. The molecule has 0 saturated heterocycles. The lowest BCUT2D eigenvalue weighted by Gasteiger charge is -2.21. The zero-order valence-electron chi connectivity index (χ0n) is 13.8. The van der Waals surface area contributed by atoms with Gasteiger partial charge in [-0.25, -0.2) is 4.39 Å². The molecule has 0 heterocycles. The van der Waals surface area contributed by atoms with Gasteiger partial charge in [-0.2, -0.15) is 0 Å². The minimum Gasteiger partial charge on any atom is -0.323 e. The van der Waals surface area contributed by atoms with E-state index in [0.717, 1.165) is 4.90 Å². The highest BCUT2D eigenvalue weighted by Gasteiger charge is 2.24. The Morgan fingerprint density at radius 1 is 1.36 bits per heavy atom. The molecule has 6 nitrogen and oxygen atoms in total. The molecule has 2 N–H and O–H groups in total. The molecule has 132 valence electrons. The van der Waals surface area contributed by atoms with Gasteiger partial charge in [0.05, 0.1) is 22.6 Å². The summed E-state index contributed by atoms with van der Waals surface area (Å²) in [4.78, 5) is 23.4. The van der Waals surface area contributed by atoms with E-state index in [1.807, 2.05) is 0 Å². The number of halogens is 2. The Bertz CT molecular complexity index is 780. The van der Waals surface area contributed by atoms with Gasteiger partial charge >= 0.3 is 0 Å². The summed E-state index contributed by atoms with van der Waals surface area (Å²) in [7, 11) is 1.75. The topological polar surface area (TPSA) is 76.7 Å². The number of carbonyl (C=O) groups excluding carboxylic acids is 1. The van der Waals surface area contributed by atoms with Crippen LogP contribution in [0.3, 0.4) is 0 Å². The third-order valence-electron chi connectivity index (χ3n) is 3.97. The number of nitro groups is 1. The molecule has 0 bridgehead atoms. The number of anilines is 1. The van der Waals surface area contributed by atoms with Crippen LogP contribution >= 0.6 is 11.6 Å². The minimum atomic E-state index is -0.531. The van der Waals surface area contributed by atoms with Crippen LogP contribution in [0.15, 0.2) is 42.5 Å². The monoisotopic (exact) mass is 366 g/mol. The summed E-state index contributed by atoms with van der Waals surface area (Å²) in [5, 5.41) is 13.7. The number of non-ortho nitro benzene ring substituents is 1. The Morgan fingerprint density at radius 3 is 2.68 bits per heavy atom. The van der Waals surface area contributed by atoms with E-state index in [0.29, 0.717) is 16.3 Å². The van der Waals surface area contributed by atoms with Crippen LogP contribution in [0.25, 0.3) is 0 Å². The predicted molar refractivity (Wildman–Crippen MR) is 93.2 cm³/mol. The molecule has 0 saturated carbocycles. The van der Waals surface area contributed by atoms with E-state index in [1.54, 1.807) is 26.1 Å². The van der Waals surface area contributed by atoms with Crippen LogP contribution in [0.5, 0.6) is 0 Å². The van der Waals surface area contributed by atoms with Gasteiger partial charge in [-0.1, -0.05) is 23.7 Å². The molecule has 0 aliphatic heterocycles. The Morgan fingerprint density at radius 2 is 2.04 bits per heavy atom. The Balaban J connectivity index is 2.06. The summed E-state index contributed by atoms with van der Waals surface area (Å²) < 4.78 is 13.9. The van der Waals surface area contributed by atoms with E-state index in [9.17, 15) is 19.3 Å². The van der Waals surface area contributed by atoms with Gasteiger partial charge in [-0.3, -0.25) is 14.9 Å². The lowest BCUT2D eigenvalue weighted by molar-refractivity contribution is -0.908. The van der Waals surface area contributed by atoms with Crippen LogP contribution < -0.4 is 10.2 Å². The molecule has 2 rings (SSSR count). The van der Waals surface area contributed by atoms with Crippen LogP contribution in [-0.2, 0) is 11.3 Å². The first kappa shape index (κ1) is 18.8. The fraction of sp³-hybridized carbons (Fsp3) is 0.235. The van der Waals surface area contributed by atoms with Crippen molar-refractivity contribution >= 4 is 28.9 Å². The van der Waals surface area contributed by atoms with Crippen molar-refractivity contribution in [1.82, 2.24) is 0 Å². The molecular formula is C17H18ClFN3O3+. The van der Waals surface area contributed by atoms with E-state index in [-0.39, 0.29) is 18.1 Å². The van der Waals surface area contributed by atoms with Gasteiger partial charge in [0.2, 0.25) is 0 Å². The highest BCUT2D eigenvalue weighted by Crippen LogP contribution is 2.18. The number of nitrogens with one attached hydrogen (secondary N) is 2. The largest absolute Gasteiger partial charge is 0.323 e. The Labute approximate surface area is 149 Å². The van der Waals surface area contributed by atoms with Crippen molar-refractivity contribution < 1.29 is 19.0 Å². The number of hydrogen-bond acceptors (Lipinski definition) is 3. The van der Waals surface area contributed by atoms with Crippen LogP contribution in [-0.4, -0.2) is 23.9 Å². The smallest absolute Gasteiger partial charge is 0.282 e. The van der Waals surface area contributed by atoms with Gasteiger partial charge in [-0.05, 0) is 25.1 Å². The summed E-state index contributed by atoms with van der Waals surface area (Å²) in [6.45, 7) is 1.92. The average molecular weight is 367 g/mol. The van der Waals surface area contributed by atoms with Gasteiger partial charge < -0.3 is 10.2 Å². The first-order valence-corrected chi connectivity index (χ1v) is 7.98. The third kappa shape index (κ3) is 4.74. The molecule has 25 heavy (non-hydrogen) atoms.